The Morgan fingerprint density at radius 3 is 2.44 bits per heavy atom. The standard InChI is InChI=1S/C9H17O6P/c1-2-6-9(10)14-7-4-3-5-8-15-16(11,12)13/h2,6H,3-5,7-8H2,1H3,(H2,11,12,13). The summed E-state index contributed by atoms with van der Waals surface area (Å²) in [6, 6.07) is 0. The maximum Gasteiger partial charge on any atom is 0.469 e. The topological polar surface area (TPSA) is 93.1 Å². The lowest BCUT2D eigenvalue weighted by Gasteiger charge is -2.04. The zero-order valence-corrected chi connectivity index (χ0v) is 10.1. The van der Waals surface area contributed by atoms with Crippen LogP contribution in [0.5, 0.6) is 0 Å². The Labute approximate surface area is 94.5 Å². The van der Waals surface area contributed by atoms with Gasteiger partial charge in [0.25, 0.3) is 0 Å². The van der Waals surface area contributed by atoms with E-state index in [4.69, 9.17) is 14.5 Å². The molecule has 0 heterocycles. The van der Waals surface area contributed by atoms with E-state index < -0.39 is 7.82 Å². The Bertz CT molecular complexity index is 269. The number of carbonyl (C=O) groups is 1. The first-order chi connectivity index (χ1) is 7.45. The average Bonchev–Trinajstić information content (AvgIpc) is 2.15. The van der Waals surface area contributed by atoms with Crippen molar-refractivity contribution in [1.29, 1.82) is 0 Å². The summed E-state index contributed by atoms with van der Waals surface area (Å²) < 4.78 is 19.3. The maximum atomic E-state index is 10.8. The SMILES string of the molecule is CC=CC(=O)OCCCCCOP(=O)(O)O. The van der Waals surface area contributed by atoms with Crippen molar-refractivity contribution in [2.45, 2.75) is 26.2 Å². The first-order valence-corrected chi connectivity index (χ1v) is 6.48. The van der Waals surface area contributed by atoms with Crippen molar-refractivity contribution in [3.8, 4) is 0 Å². The number of esters is 1. The van der Waals surface area contributed by atoms with Crippen molar-refractivity contribution in [2.75, 3.05) is 13.2 Å². The van der Waals surface area contributed by atoms with Crippen LogP contribution in [-0.4, -0.2) is 29.0 Å². The van der Waals surface area contributed by atoms with Gasteiger partial charge in [-0.25, -0.2) is 9.36 Å². The highest BCUT2D eigenvalue weighted by molar-refractivity contribution is 7.46. The number of phosphoric ester groups is 1. The van der Waals surface area contributed by atoms with Crippen molar-refractivity contribution in [1.82, 2.24) is 0 Å². The summed E-state index contributed by atoms with van der Waals surface area (Å²) in [6.45, 7) is 2.03. The Morgan fingerprint density at radius 1 is 1.25 bits per heavy atom. The van der Waals surface area contributed by atoms with Gasteiger partial charge in [-0.2, -0.15) is 0 Å². The van der Waals surface area contributed by atoms with E-state index in [1.807, 2.05) is 0 Å². The molecule has 6 nitrogen and oxygen atoms in total. The van der Waals surface area contributed by atoms with Crippen molar-refractivity contribution in [3.05, 3.63) is 12.2 Å². The number of rotatable bonds is 8. The van der Waals surface area contributed by atoms with Gasteiger partial charge in [-0.05, 0) is 26.2 Å². The molecule has 0 spiro atoms. The fraction of sp³-hybridized carbons (Fsp3) is 0.667. The minimum atomic E-state index is -4.34. The van der Waals surface area contributed by atoms with E-state index in [9.17, 15) is 9.36 Å². The average molecular weight is 252 g/mol. The molecule has 0 aliphatic heterocycles. The minimum Gasteiger partial charge on any atom is -0.463 e. The molecule has 0 aromatic carbocycles. The zero-order chi connectivity index (χ0) is 12.4. The second-order valence-electron chi connectivity index (χ2n) is 3.05. The molecule has 0 saturated heterocycles. The van der Waals surface area contributed by atoms with Crippen molar-refractivity contribution in [2.24, 2.45) is 0 Å². The lowest BCUT2D eigenvalue weighted by atomic mass is 10.2. The molecule has 0 unspecified atom stereocenters. The van der Waals surface area contributed by atoms with Crippen LogP contribution in [0.1, 0.15) is 26.2 Å². The molecule has 94 valence electrons. The Kier molecular flexibility index (Phi) is 8.11. The molecule has 7 heteroatoms. The molecule has 0 aromatic heterocycles. The summed E-state index contributed by atoms with van der Waals surface area (Å²) >= 11 is 0. The van der Waals surface area contributed by atoms with Gasteiger partial charge in [-0.15, -0.1) is 0 Å². The molecule has 0 fully saturated rings. The van der Waals surface area contributed by atoms with Crippen LogP contribution in [0.2, 0.25) is 0 Å². The highest BCUT2D eigenvalue weighted by Gasteiger charge is 2.12. The second kappa shape index (κ2) is 8.47. The van der Waals surface area contributed by atoms with E-state index in [1.165, 1.54) is 6.08 Å². The van der Waals surface area contributed by atoms with Gasteiger partial charge < -0.3 is 14.5 Å². The Balaban J connectivity index is 3.28. The molecule has 2 N–H and O–H groups in total. The van der Waals surface area contributed by atoms with Gasteiger partial charge in [0.15, 0.2) is 0 Å². The Hall–Kier alpha value is -0.680. The molecule has 0 rings (SSSR count). The molecular weight excluding hydrogens is 235 g/mol. The largest absolute Gasteiger partial charge is 0.469 e. The molecule has 16 heavy (non-hydrogen) atoms. The fourth-order valence-electron chi connectivity index (χ4n) is 0.921. The normalized spacial score (nSPS) is 11.9. The minimum absolute atomic E-state index is 0.00703. The lowest BCUT2D eigenvalue weighted by Crippen LogP contribution is -2.02. The van der Waals surface area contributed by atoms with Crippen LogP contribution in [0.25, 0.3) is 0 Å². The summed E-state index contributed by atoms with van der Waals surface area (Å²) in [5.74, 6) is -0.381. The van der Waals surface area contributed by atoms with E-state index >= 15 is 0 Å². The first-order valence-electron chi connectivity index (χ1n) is 4.95. The van der Waals surface area contributed by atoms with E-state index in [0.717, 1.165) is 0 Å². The van der Waals surface area contributed by atoms with Crippen LogP contribution < -0.4 is 0 Å². The molecule has 0 atom stereocenters. The van der Waals surface area contributed by atoms with Crippen molar-refractivity contribution < 1.29 is 28.4 Å². The van der Waals surface area contributed by atoms with Crippen LogP contribution in [0.15, 0.2) is 12.2 Å². The lowest BCUT2D eigenvalue weighted by molar-refractivity contribution is -0.137. The first kappa shape index (κ1) is 15.3. The number of allylic oxidation sites excluding steroid dienone is 1. The van der Waals surface area contributed by atoms with Gasteiger partial charge in [0.2, 0.25) is 0 Å². The summed E-state index contributed by atoms with van der Waals surface area (Å²) in [5, 5.41) is 0. The maximum absolute atomic E-state index is 10.8. The smallest absolute Gasteiger partial charge is 0.463 e. The summed E-state index contributed by atoms with van der Waals surface area (Å²) in [6.07, 6.45) is 4.77. The molecule has 0 radical (unpaired) electrons. The van der Waals surface area contributed by atoms with Gasteiger partial charge in [0, 0.05) is 6.08 Å². The van der Waals surface area contributed by atoms with Crippen molar-refractivity contribution in [3.63, 3.8) is 0 Å². The number of carbonyl (C=O) groups excluding carboxylic acids is 1. The number of ether oxygens (including phenoxy) is 1. The third-order valence-electron chi connectivity index (χ3n) is 1.60. The predicted molar refractivity (Wildman–Crippen MR) is 57.6 cm³/mol. The van der Waals surface area contributed by atoms with Crippen molar-refractivity contribution >= 4 is 13.8 Å². The van der Waals surface area contributed by atoms with Gasteiger partial charge >= 0.3 is 13.8 Å². The molecule has 0 aliphatic rings. The predicted octanol–water partition coefficient (Wildman–Crippen LogP) is 1.39. The summed E-state index contributed by atoms with van der Waals surface area (Å²) in [5.41, 5.74) is 0. The van der Waals surface area contributed by atoms with Gasteiger partial charge in [-0.1, -0.05) is 6.08 Å². The molecule has 0 bridgehead atoms. The monoisotopic (exact) mass is 252 g/mol. The van der Waals surface area contributed by atoms with E-state index in [1.54, 1.807) is 13.0 Å². The van der Waals surface area contributed by atoms with Gasteiger partial charge in [-0.3, -0.25) is 4.52 Å². The molecule has 0 aromatic rings. The molecule has 0 aliphatic carbocycles. The van der Waals surface area contributed by atoms with Crippen LogP contribution in [0.4, 0.5) is 0 Å². The third kappa shape index (κ3) is 11.4. The molecular formula is C9H17O6P. The highest BCUT2D eigenvalue weighted by Crippen LogP contribution is 2.35. The van der Waals surface area contributed by atoms with E-state index in [-0.39, 0.29) is 12.6 Å². The number of phosphoric acid groups is 1. The van der Waals surface area contributed by atoms with Crippen LogP contribution in [0, 0.1) is 0 Å². The summed E-state index contributed by atoms with van der Waals surface area (Å²) in [7, 11) is -4.34. The molecule has 0 saturated carbocycles. The second-order valence-corrected chi connectivity index (χ2v) is 4.29. The van der Waals surface area contributed by atoms with Gasteiger partial charge in [0.05, 0.1) is 13.2 Å². The number of hydrogen-bond acceptors (Lipinski definition) is 4. The number of hydrogen-bond donors (Lipinski definition) is 2. The van der Waals surface area contributed by atoms with E-state index in [2.05, 4.69) is 4.52 Å². The van der Waals surface area contributed by atoms with Crippen LogP contribution >= 0.6 is 7.82 Å². The van der Waals surface area contributed by atoms with Crippen LogP contribution in [0.3, 0.4) is 0 Å². The fourth-order valence-corrected chi connectivity index (χ4v) is 1.29. The van der Waals surface area contributed by atoms with E-state index in [0.29, 0.717) is 25.9 Å². The number of unbranched alkanes of at least 4 members (excludes halogenated alkanes) is 2. The zero-order valence-electron chi connectivity index (χ0n) is 9.16. The summed E-state index contributed by atoms with van der Waals surface area (Å²) in [4.78, 5) is 27.6. The van der Waals surface area contributed by atoms with Crippen LogP contribution in [-0.2, 0) is 18.6 Å². The Morgan fingerprint density at radius 2 is 1.88 bits per heavy atom. The quantitative estimate of drug-likeness (QED) is 0.293. The highest BCUT2D eigenvalue weighted by atomic mass is 31.2. The van der Waals surface area contributed by atoms with Gasteiger partial charge in [0.1, 0.15) is 0 Å². The molecule has 0 amide bonds. The third-order valence-corrected chi connectivity index (χ3v) is 2.11.